The second-order valence-corrected chi connectivity index (χ2v) is 6.57. The number of thioether (sulfide) groups is 1. The Hall–Kier alpha value is -3.03. The lowest BCUT2D eigenvalue weighted by Crippen LogP contribution is -2.28. The molecule has 1 aromatic heterocycles. The van der Waals surface area contributed by atoms with E-state index >= 15 is 0 Å². The molecule has 2 rings (SSSR count). The number of aryl methyl sites for hydroxylation is 1. The molecular formula is C18H18N5OS+. The molecule has 1 aromatic carbocycles. The average Bonchev–Trinajstić information content (AvgIpc) is 2.61. The first kappa shape index (κ1) is 18.3. The van der Waals surface area contributed by atoms with Gasteiger partial charge in [0.25, 0.3) is 5.82 Å². The zero-order chi connectivity index (χ0) is 18.4. The molecular weight excluding hydrogens is 334 g/mol. The molecule has 0 saturated heterocycles. The van der Waals surface area contributed by atoms with Crippen LogP contribution in [0.2, 0.25) is 0 Å². The monoisotopic (exact) mass is 352 g/mol. The van der Waals surface area contributed by atoms with Gasteiger partial charge in [-0.1, -0.05) is 41.6 Å². The van der Waals surface area contributed by atoms with Gasteiger partial charge < -0.3 is 4.90 Å². The van der Waals surface area contributed by atoms with E-state index in [2.05, 4.69) is 4.98 Å². The maximum atomic E-state index is 12.3. The van der Waals surface area contributed by atoms with Crippen LogP contribution in [0.1, 0.15) is 22.3 Å². The van der Waals surface area contributed by atoms with Crippen molar-refractivity contribution in [3.8, 4) is 12.1 Å². The molecule has 126 valence electrons. The third-order valence-corrected chi connectivity index (χ3v) is 4.62. The van der Waals surface area contributed by atoms with Crippen LogP contribution < -0.4 is 10.7 Å². The minimum atomic E-state index is -0.0641. The molecule has 0 radical (unpaired) electrons. The maximum absolute atomic E-state index is 12.3. The number of nitriles is 2. The molecule has 25 heavy (non-hydrogen) atoms. The summed E-state index contributed by atoms with van der Waals surface area (Å²) in [5, 5.41) is 18.6. The van der Waals surface area contributed by atoms with Crippen molar-refractivity contribution in [3.05, 3.63) is 52.6 Å². The van der Waals surface area contributed by atoms with Gasteiger partial charge in [-0.05, 0) is 18.6 Å². The number of hydrogen-bond donors (Lipinski definition) is 1. The molecule has 7 heteroatoms. The molecule has 1 heterocycles. The Morgan fingerprint density at radius 1 is 1.24 bits per heavy atom. The van der Waals surface area contributed by atoms with Crippen LogP contribution in [0.15, 0.2) is 35.4 Å². The van der Waals surface area contributed by atoms with Gasteiger partial charge in [-0.25, -0.2) is 4.98 Å². The maximum Gasteiger partial charge on any atom is 0.289 e. The van der Waals surface area contributed by atoms with Crippen molar-refractivity contribution in [2.24, 2.45) is 0 Å². The number of carbonyl (C=O) groups excluding carboxylic acids is 1. The van der Waals surface area contributed by atoms with E-state index in [9.17, 15) is 10.1 Å². The van der Waals surface area contributed by atoms with E-state index in [1.165, 1.54) is 23.4 Å². The van der Waals surface area contributed by atoms with E-state index in [1.807, 2.05) is 43.3 Å². The van der Waals surface area contributed by atoms with Gasteiger partial charge >= 0.3 is 0 Å². The fraction of sp³-hybridized carbons (Fsp3) is 0.222. The molecule has 3 N–H and O–H groups in total. The highest BCUT2D eigenvalue weighted by Gasteiger charge is 2.17. The number of amides is 1. The summed E-state index contributed by atoms with van der Waals surface area (Å²) in [6.45, 7) is 2.53. The number of nitrogens with zero attached hydrogens (tertiary/aromatic N) is 3. The van der Waals surface area contributed by atoms with Crippen molar-refractivity contribution in [3.63, 3.8) is 0 Å². The minimum absolute atomic E-state index is 0.0641. The number of nitrogens with two attached hydrogens (primary N) is 1. The summed E-state index contributed by atoms with van der Waals surface area (Å²) in [4.78, 5) is 16.8. The summed E-state index contributed by atoms with van der Waals surface area (Å²) in [6.07, 6.45) is 0. The first-order chi connectivity index (χ1) is 11.9. The molecule has 0 fully saturated rings. The number of hydrogen-bond acceptors (Lipinski definition) is 5. The number of benzene rings is 1. The molecule has 6 nitrogen and oxygen atoms in total. The van der Waals surface area contributed by atoms with Gasteiger partial charge in [0.1, 0.15) is 23.3 Å². The molecule has 0 saturated carbocycles. The summed E-state index contributed by atoms with van der Waals surface area (Å²) < 4.78 is 0. The molecule has 0 aliphatic heterocycles. The first-order valence-electron chi connectivity index (χ1n) is 7.53. The number of rotatable bonds is 5. The standard InChI is InChI=1S/C18H17N5OS/c1-12-3-5-13(6-4-12)10-23(2)16(24)11-25-18-15(9-20)7-14(8-19)17(21)22-18/h3-7H,10-11H2,1-2H3,(H2,21,22)/p+1. The lowest BCUT2D eigenvalue weighted by atomic mass is 10.1. The highest BCUT2D eigenvalue weighted by molar-refractivity contribution is 7.99. The van der Waals surface area contributed by atoms with Crippen molar-refractivity contribution < 1.29 is 9.78 Å². The van der Waals surface area contributed by atoms with Gasteiger partial charge in [0.15, 0.2) is 5.03 Å². The molecule has 0 spiro atoms. The van der Waals surface area contributed by atoms with E-state index in [0.717, 1.165) is 5.56 Å². The topological polar surface area (TPSA) is 108 Å². The van der Waals surface area contributed by atoms with Crippen LogP contribution in [-0.2, 0) is 11.3 Å². The Kier molecular flexibility index (Phi) is 5.99. The molecule has 0 aliphatic carbocycles. The van der Waals surface area contributed by atoms with E-state index in [4.69, 9.17) is 11.0 Å². The van der Waals surface area contributed by atoms with Crippen molar-refractivity contribution in [2.75, 3.05) is 18.5 Å². The second-order valence-electron chi connectivity index (χ2n) is 5.59. The Morgan fingerprint density at radius 3 is 2.48 bits per heavy atom. The van der Waals surface area contributed by atoms with Gasteiger partial charge in [-0.15, -0.1) is 0 Å². The Morgan fingerprint density at radius 2 is 1.88 bits per heavy atom. The van der Waals surface area contributed by atoms with Crippen LogP contribution in [0.3, 0.4) is 0 Å². The number of aromatic nitrogens is 1. The third-order valence-electron chi connectivity index (χ3n) is 3.62. The zero-order valence-corrected chi connectivity index (χ0v) is 14.9. The first-order valence-corrected chi connectivity index (χ1v) is 8.51. The van der Waals surface area contributed by atoms with Gasteiger partial charge in [0.05, 0.1) is 5.75 Å². The molecule has 0 unspecified atom stereocenters. The predicted molar refractivity (Wildman–Crippen MR) is 95.2 cm³/mol. The molecule has 0 aliphatic rings. The predicted octanol–water partition coefficient (Wildman–Crippen LogP) is 1.89. The van der Waals surface area contributed by atoms with E-state index < -0.39 is 0 Å². The van der Waals surface area contributed by atoms with Crippen molar-refractivity contribution in [1.29, 1.82) is 10.5 Å². The fourth-order valence-corrected chi connectivity index (χ4v) is 3.06. The normalized spacial score (nSPS) is 9.92. The van der Waals surface area contributed by atoms with Crippen molar-refractivity contribution >= 4 is 23.5 Å². The van der Waals surface area contributed by atoms with Gasteiger partial charge in [0, 0.05) is 13.6 Å². The Labute approximate surface area is 150 Å². The van der Waals surface area contributed by atoms with E-state index in [1.54, 1.807) is 11.9 Å². The highest BCUT2D eigenvalue weighted by atomic mass is 32.2. The van der Waals surface area contributed by atoms with E-state index in [-0.39, 0.29) is 23.0 Å². The SMILES string of the molecule is Cc1ccc(CN(C)C(=O)CSc2[nH+]c(N)c(C#N)cc2C#N)cc1. The smallest absolute Gasteiger partial charge is 0.289 e. The molecule has 0 atom stereocenters. The number of carbonyl (C=O) groups is 1. The van der Waals surface area contributed by atoms with Gasteiger partial charge in [-0.3, -0.25) is 10.5 Å². The number of anilines is 1. The lowest BCUT2D eigenvalue weighted by Gasteiger charge is -2.17. The summed E-state index contributed by atoms with van der Waals surface area (Å²) >= 11 is 1.20. The van der Waals surface area contributed by atoms with Crippen molar-refractivity contribution in [2.45, 2.75) is 18.5 Å². The fourth-order valence-electron chi connectivity index (χ4n) is 2.13. The van der Waals surface area contributed by atoms with Crippen molar-refractivity contribution in [1.82, 2.24) is 4.90 Å². The average molecular weight is 352 g/mol. The Bertz CT molecular complexity index is 865. The third kappa shape index (κ3) is 4.72. The largest absolute Gasteiger partial charge is 0.341 e. The van der Waals surface area contributed by atoms with Crippen LogP contribution in [0.4, 0.5) is 5.82 Å². The summed E-state index contributed by atoms with van der Waals surface area (Å²) in [7, 11) is 1.74. The number of nitrogens with one attached hydrogen (secondary N) is 1. The van der Waals surface area contributed by atoms with Crippen LogP contribution in [0.25, 0.3) is 0 Å². The van der Waals surface area contributed by atoms with Crippen LogP contribution in [0.5, 0.6) is 0 Å². The van der Waals surface area contributed by atoms with Crippen LogP contribution in [-0.4, -0.2) is 23.6 Å². The van der Waals surface area contributed by atoms with Crippen LogP contribution >= 0.6 is 11.8 Å². The molecule has 0 bridgehead atoms. The quantitative estimate of drug-likeness (QED) is 0.827. The van der Waals surface area contributed by atoms with Crippen LogP contribution in [0, 0.1) is 29.6 Å². The van der Waals surface area contributed by atoms with E-state index in [0.29, 0.717) is 17.1 Å². The highest BCUT2D eigenvalue weighted by Crippen LogP contribution is 2.20. The summed E-state index contributed by atoms with van der Waals surface area (Å²) in [5.74, 6) is 0.286. The summed E-state index contributed by atoms with van der Waals surface area (Å²) in [5.41, 5.74) is 8.47. The number of H-pyrrole nitrogens is 1. The lowest BCUT2D eigenvalue weighted by molar-refractivity contribution is -0.410. The Balaban J connectivity index is 2.02. The van der Waals surface area contributed by atoms with Gasteiger partial charge in [0.2, 0.25) is 5.91 Å². The number of pyridine rings is 1. The molecule has 2 aromatic rings. The molecule has 1 amide bonds. The number of aromatic amines is 1. The number of nitrogen functional groups attached to an aromatic ring is 1. The zero-order valence-electron chi connectivity index (χ0n) is 14.0. The van der Waals surface area contributed by atoms with Gasteiger partial charge in [-0.2, -0.15) is 10.5 Å². The second kappa shape index (κ2) is 8.18. The minimum Gasteiger partial charge on any atom is -0.341 e. The summed E-state index contributed by atoms with van der Waals surface area (Å²) in [6, 6.07) is 13.4.